The van der Waals surface area contributed by atoms with Gasteiger partial charge in [0.25, 0.3) is 0 Å². The van der Waals surface area contributed by atoms with Gasteiger partial charge in [0.1, 0.15) is 0 Å². The highest BCUT2D eigenvalue weighted by molar-refractivity contribution is 5.46. The molecule has 2 heterocycles. The number of nitrogens with zero attached hydrogens (tertiary/aromatic N) is 2. The summed E-state index contributed by atoms with van der Waals surface area (Å²) in [4.78, 5) is 10.3. The number of aromatic nitrogens is 1. The molecule has 0 unspecified atom stereocenters. The molecule has 1 saturated heterocycles. The molecule has 1 fully saturated rings. The van der Waals surface area contributed by atoms with E-state index in [-0.39, 0.29) is 12.3 Å². The SMILES string of the molecule is CC(C)CO[C@@H]1C[C@@H](c2cccnc2)N(c2ccccc2)O1. The number of pyridine rings is 1. The van der Waals surface area contributed by atoms with Gasteiger partial charge in [-0.15, -0.1) is 0 Å². The smallest absolute Gasteiger partial charge is 0.186 e. The number of benzene rings is 1. The van der Waals surface area contributed by atoms with Gasteiger partial charge in [0.15, 0.2) is 6.29 Å². The molecule has 0 amide bonds. The lowest BCUT2D eigenvalue weighted by Gasteiger charge is -2.24. The average Bonchev–Trinajstić information content (AvgIpc) is 2.99. The Bertz CT molecular complexity index is 527. The van der Waals surface area contributed by atoms with E-state index in [1.807, 2.05) is 47.7 Å². The third-order valence-corrected chi connectivity index (χ3v) is 3.63. The molecular formula is C18H22N2O2. The minimum Gasteiger partial charge on any atom is -0.350 e. The number of anilines is 1. The van der Waals surface area contributed by atoms with E-state index in [1.165, 1.54) is 0 Å². The van der Waals surface area contributed by atoms with Gasteiger partial charge in [0, 0.05) is 18.8 Å². The summed E-state index contributed by atoms with van der Waals surface area (Å²) in [5, 5.41) is 1.95. The van der Waals surface area contributed by atoms with Crippen molar-refractivity contribution in [1.29, 1.82) is 0 Å². The molecule has 1 aliphatic rings. The quantitative estimate of drug-likeness (QED) is 0.836. The van der Waals surface area contributed by atoms with Crippen LogP contribution in [-0.2, 0) is 9.57 Å². The van der Waals surface area contributed by atoms with Gasteiger partial charge in [-0.3, -0.25) is 4.98 Å². The molecule has 4 nitrogen and oxygen atoms in total. The second-order valence-corrected chi connectivity index (χ2v) is 5.96. The highest BCUT2D eigenvalue weighted by atomic mass is 16.8. The first kappa shape index (κ1) is 15.0. The number of ether oxygens (including phenoxy) is 1. The van der Waals surface area contributed by atoms with Crippen LogP contribution in [0.25, 0.3) is 0 Å². The number of rotatable bonds is 5. The van der Waals surface area contributed by atoms with Gasteiger partial charge < -0.3 is 4.74 Å². The molecular weight excluding hydrogens is 276 g/mol. The zero-order chi connectivity index (χ0) is 15.4. The van der Waals surface area contributed by atoms with E-state index in [9.17, 15) is 0 Å². The lowest BCUT2D eigenvalue weighted by atomic mass is 10.1. The molecule has 4 heteroatoms. The maximum Gasteiger partial charge on any atom is 0.186 e. The molecule has 22 heavy (non-hydrogen) atoms. The first-order valence-electron chi connectivity index (χ1n) is 7.76. The van der Waals surface area contributed by atoms with Crippen molar-refractivity contribution in [3.8, 4) is 0 Å². The van der Waals surface area contributed by atoms with Crippen LogP contribution in [0, 0.1) is 5.92 Å². The van der Waals surface area contributed by atoms with Crippen molar-refractivity contribution in [2.45, 2.75) is 32.6 Å². The molecule has 3 rings (SSSR count). The standard InChI is InChI=1S/C18H22N2O2/c1-14(2)13-21-18-11-17(15-7-6-10-19-12-15)20(22-18)16-8-4-3-5-9-16/h3-10,12,14,17-18H,11,13H2,1-2H3/t17-,18-/m0/s1. The van der Waals surface area contributed by atoms with E-state index >= 15 is 0 Å². The molecule has 0 N–H and O–H groups in total. The minimum absolute atomic E-state index is 0.119. The monoisotopic (exact) mass is 298 g/mol. The molecule has 0 radical (unpaired) electrons. The zero-order valence-electron chi connectivity index (χ0n) is 13.1. The van der Waals surface area contributed by atoms with Crippen LogP contribution in [0.1, 0.15) is 31.9 Å². The maximum atomic E-state index is 6.05. The van der Waals surface area contributed by atoms with Crippen LogP contribution < -0.4 is 5.06 Å². The van der Waals surface area contributed by atoms with Gasteiger partial charge in [-0.25, -0.2) is 9.90 Å². The lowest BCUT2D eigenvalue weighted by molar-refractivity contribution is -0.125. The molecule has 1 aromatic heterocycles. The third kappa shape index (κ3) is 3.46. The summed E-state index contributed by atoms with van der Waals surface area (Å²) in [7, 11) is 0. The van der Waals surface area contributed by atoms with Gasteiger partial charge in [0.05, 0.1) is 18.3 Å². The number of para-hydroxylation sites is 1. The fourth-order valence-electron chi connectivity index (χ4n) is 2.58. The fourth-order valence-corrected chi connectivity index (χ4v) is 2.58. The van der Waals surface area contributed by atoms with E-state index in [0.717, 1.165) is 17.7 Å². The molecule has 1 aliphatic heterocycles. The van der Waals surface area contributed by atoms with E-state index in [2.05, 4.69) is 24.9 Å². The van der Waals surface area contributed by atoms with E-state index < -0.39 is 0 Å². The van der Waals surface area contributed by atoms with E-state index in [1.54, 1.807) is 6.20 Å². The molecule has 0 saturated carbocycles. The predicted octanol–water partition coefficient (Wildman–Crippen LogP) is 3.96. The second kappa shape index (κ2) is 6.90. The highest BCUT2D eigenvalue weighted by Crippen LogP contribution is 2.38. The Kier molecular flexibility index (Phi) is 4.71. The third-order valence-electron chi connectivity index (χ3n) is 3.63. The Morgan fingerprint density at radius 2 is 2.05 bits per heavy atom. The summed E-state index contributed by atoms with van der Waals surface area (Å²) in [6.45, 7) is 4.98. The lowest BCUT2D eigenvalue weighted by Crippen LogP contribution is -2.23. The van der Waals surface area contributed by atoms with Crippen LogP contribution >= 0.6 is 0 Å². The average molecular weight is 298 g/mol. The van der Waals surface area contributed by atoms with Crippen LogP contribution in [0.3, 0.4) is 0 Å². The summed E-state index contributed by atoms with van der Waals surface area (Å²) in [6.07, 6.45) is 4.27. The van der Waals surface area contributed by atoms with E-state index in [4.69, 9.17) is 9.57 Å². The van der Waals surface area contributed by atoms with Crippen LogP contribution in [0.15, 0.2) is 54.9 Å². The van der Waals surface area contributed by atoms with Crippen molar-refractivity contribution in [3.05, 3.63) is 60.4 Å². The van der Waals surface area contributed by atoms with Crippen molar-refractivity contribution in [2.75, 3.05) is 11.7 Å². The molecule has 2 atom stereocenters. The topological polar surface area (TPSA) is 34.6 Å². The largest absolute Gasteiger partial charge is 0.350 e. The van der Waals surface area contributed by atoms with Gasteiger partial charge in [-0.05, 0) is 29.7 Å². The Morgan fingerprint density at radius 3 is 2.73 bits per heavy atom. The highest BCUT2D eigenvalue weighted by Gasteiger charge is 2.35. The van der Waals surface area contributed by atoms with Crippen molar-refractivity contribution in [2.24, 2.45) is 5.92 Å². The minimum atomic E-state index is -0.215. The zero-order valence-corrected chi connectivity index (χ0v) is 13.1. The van der Waals surface area contributed by atoms with Gasteiger partial charge >= 0.3 is 0 Å². The van der Waals surface area contributed by atoms with Crippen LogP contribution in [0.4, 0.5) is 5.69 Å². The number of hydrogen-bond acceptors (Lipinski definition) is 4. The maximum absolute atomic E-state index is 6.05. The van der Waals surface area contributed by atoms with Crippen molar-refractivity contribution < 1.29 is 9.57 Å². The van der Waals surface area contributed by atoms with Crippen LogP contribution in [-0.4, -0.2) is 17.9 Å². The Hall–Kier alpha value is -1.91. The van der Waals surface area contributed by atoms with Gasteiger partial charge in [-0.1, -0.05) is 38.1 Å². The van der Waals surface area contributed by atoms with Crippen molar-refractivity contribution >= 4 is 5.69 Å². The molecule has 0 aliphatic carbocycles. The summed E-state index contributed by atoms with van der Waals surface area (Å²) < 4.78 is 5.88. The number of hydrogen-bond donors (Lipinski definition) is 0. The predicted molar refractivity (Wildman–Crippen MR) is 86.2 cm³/mol. The molecule has 0 bridgehead atoms. The molecule has 2 aromatic rings. The Balaban J connectivity index is 1.81. The summed E-state index contributed by atoms with van der Waals surface area (Å²) in [6, 6.07) is 14.3. The molecule has 116 valence electrons. The van der Waals surface area contributed by atoms with E-state index in [0.29, 0.717) is 12.5 Å². The summed E-state index contributed by atoms with van der Waals surface area (Å²) in [5.74, 6) is 0.492. The van der Waals surface area contributed by atoms with Crippen molar-refractivity contribution in [1.82, 2.24) is 4.98 Å². The van der Waals surface area contributed by atoms with Crippen LogP contribution in [0.5, 0.6) is 0 Å². The van der Waals surface area contributed by atoms with Crippen LogP contribution in [0.2, 0.25) is 0 Å². The molecule has 1 aromatic carbocycles. The van der Waals surface area contributed by atoms with Crippen molar-refractivity contribution in [3.63, 3.8) is 0 Å². The van der Waals surface area contributed by atoms with Gasteiger partial charge in [-0.2, -0.15) is 0 Å². The Morgan fingerprint density at radius 1 is 1.23 bits per heavy atom. The fraction of sp³-hybridized carbons (Fsp3) is 0.389. The molecule has 0 spiro atoms. The van der Waals surface area contributed by atoms with Gasteiger partial charge in [0.2, 0.25) is 0 Å². The first-order valence-corrected chi connectivity index (χ1v) is 7.76. The summed E-state index contributed by atoms with van der Waals surface area (Å²) >= 11 is 0. The first-order chi connectivity index (χ1) is 10.7. The number of hydroxylamine groups is 1. The normalized spacial score (nSPS) is 21.5. The second-order valence-electron chi connectivity index (χ2n) is 5.96. The summed E-state index contributed by atoms with van der Waals surface area (Å²) in [5.41, 5.74) is 2.18. The Labute approximate surface area is 131 Å².